The van der Waals surface area contributed by atoms with Crippen LogP contribution in [0.15, 0.2) is 35.4 Å². The highest BCUT2D eigenvalue weighted by molar-refractivity contribution is 5.43. The van der Waals surface area contributed by atoms with Gasteiger partial charge in [-0.3, -0.25) is 9.20 Å². The third kappa shape index (κ3) is 1.26. The van der Waals surface area contributed by atoms with Gasteiger partial charge in [0.15, 0.2) is 0 Å². The van der Waals surface area contributed by atoms with Crippen molar-refractivity contribution in [3.8, 4) is 5.75 Å². The average molecular weight is 176 g/mol. The Morgan fingerprint density at radius 2 is 2.31 bits per heavy atom. The molecule has 0 amide bonds. The summed E-state index contributed by atoms with van der Waals surface area (Å²) in [7, 11) is 1.58. The number of aromatic nitrogens is 2. The van der Waals surface area contributed by atoms with Crippen LogP contribution in [0.25, 0.3) is 5.65 Å². The topological polar surface area (TPSA) is 43.6 Å². The van der Waals surface area contributed by atoms with E-state index in [1.807, 2.05) is 0 Å². The molecule has 66 valence electrons. The molecule has 0 aromatic carbocycles. The molecule has 0 radical (unpaired) electrons. The molecular formula is C9H8N2O2. The van der Waals surface area contributed by atoms with Crippen LogP contribution in [0.3, 0.4) is 0 Å². The van der Waals surface area contributed by atoms with Crippen LogP contribution in [0, 0.1) is 0 Å². The SMILES string of the molecule is COc1ccn2c(=O)ccnc2c1. The Balaban J connectivity index is 2.80. The first kappa shape index (κ1) is 7.79. The molecular weight excluding hydrogens is 168 g/mol. The Labute approximate surface area is 74.4 Å². The minimum atomic E-state index is -0.0901. The van der Waals surface area contributed by atoms with Crippen molar-refractivity contribution >= 4 is 5.65 Å². The van der Waals surface area contributed by atoms with Gasteiger partial charge in [-0.05, 0) is 6.07 Å². The van der Waals surface area contributed by atoms with Gasteiger partial charge in [0, 0.05) is 24.5 Å². The first-order chi connectivity index (χ1) is 6.31. The third-order valence-corrected chi connectivity index (χ3v) is 1.80. The van der Waals surface area contributed by atoms with Crippen molar-refractivity contribution < 1.29 is 4.74 Å². The predicted octanol–water partition coefficient (Wildman–Crippen LogP) is 0.703. The van der Waals surface area contributed by atoms with E-state index in [0.29, 0.717) is 11.4 Å². The second kappa shape index (κ2) is 2.90. The molecule has 0 saturated heterocycles. The quantitative estimate of drug-likeness (QED) is 0.642. The summed E-state index contributed by atoms with van der Waals surface area (Å²) in [5.41, 5.74) is 0.500. The minimum absolute atomic E-state index is 0.0901. The van der Waals surface area contributed by atoms with Crippen molar-refractivity contribution in [2.45, 2.75) is 0 Å². The summed E-state index contributed by atoms with van der Waals surface area (Å²) in [6, 6.07) is 4.84. The second-order valence-corrected chi connectivity index (χ2v) is 2.58. The molecule has 0 unspecified atom stereocenters. The van der Waals surface area contributed by atoms with E-state index in [4.69, 9.17) is 4.74 Å². The van der Waals surface area contributed by atoms with Crippen molar-refractivity contribution in [2.75, 3.05) is 7.11 Å². The van der Waals surface area contributed by atoms with E-state index in [2.05, 4.69) is 4.98 Å². The zero-order chi connectivity index (χ0) is 9.26. The Morgan fingerprint density at radius 1 is 1.46 bits per heavy atom. The summed E-state index contributed by atoms with van der Waals surface area (Å²) in [4.78, 5) is 15.3. The summed E-state index contributed by atoms with van der Waals surface area (Å²) >= 11 is 0. The maximum Gasteiger partial charge on any atom is 0.257 e. The number of rotatable bonds is 1. The van der Waals surface area contributed by atoms with Crippen molar-refractivity contribution in [2.24, 2.45) is 0 Å². The van der Waals surface area contributed by atoms with Gasteiger partial charge in [-0.2, -0.15) is 0 Å². The molecule has 0 spiro atoms. The van der Waals surface area contributed by atoms with Gasteiger partial charge in [0.25, 0.3) is 5.56 Å². The number of hydrogen-bond donors (Lipinski definition) is 0. The van der Waals surface area contributed by atoms with E-state index < -0.39 is 0 Å². The molecule has 0 aliphatic rings. The van der Waals surface area contributed by atoms with Crippen molar-refractivity contribution in [1.29, 1.82) is 0 Å². The lowest BCUT2D eigenvalue weighted by Gasteiger charge is -2.01. The summed E-state index contributed by atoms with van der Waals surface area (Å²) in [6.45, 7) is 0. The van der Waals surface area contributed by atoms with Crippen LogP contribution in [-0.2, 0) is 0 Å². The number of fused-ring (bicyclic) bond motifs is 1. The molecule has 4 nitrogen and oxygen atoms in total. The molecule has 0 N–H and O–H groups in total. The largest absolute Gasteiger partial charge is 0.497 e. The summed E-state index contributed by atoms with van der Waals surface area (Å²) in [5, 5.41) is 0. The monoisotopic (exact) mass is 176 g/mol. The molecule has 0 bridgehead atoms. The van der Waals surface area contributed by atoms with Gasteiger partial charge in [-0.1, -0.05) is 0 Å². The smallest absolute Gasteiger partial charge is 0.257 e. The molecule has 2 rings (SSSR count). The molecule has 0 aliphatic carbocycles. The number of nitrogens with zero attached hydrogens (tertiary/aromatic N) is 2. The third-order valence-electron chi connectivity index (χ3n) is 1.80. The van der Waals surface area contributed by atoms with Crippen LogP contribution < -0.4 is 10.3 Å². The molecule has 0 fully saturated rings. The maximum atomic E-state index is 11.3. The standard InChI is InChI=1S/C9H8N2O2/c1-13-7-3-5-11-8(6-7)10-4-2-9(11)12/h2-6H,1H3. The Hall–Kier alpha value is -1.84. The second-order valence-electron chi connectivity index (χ2n) is 2.58. The van der Waals surface area contributed by atoms with E-state index in [9.17, 15) is 4.79 Å². The highest BCUT2D eigenvalue weighted by Gasteiger charge is 1.97. The van der Waals surface area contributed by atoms with E-state index >= 15 is 0 Å². The first-order valence-corrected chi connectivity index (χ1v) is 3.83. The summed E-state index contributed by atoms with van der Waals surface area (Å²) in [6.07, 6.45) is 3.13. The normalized spacial score (nSPS) is 10.2. The molecule has 2 heterocycles. The lowest BCUT2D eigenvalue weighted by Crippen LogP contribution is -2.12. The summed E-state index contributed by atoms with van der Waals surface area (Å²) in [5.74, 6) is 0.693. The van der Waals surface area contributed by atoms with Crippen LogP contribution >= 0.6 is 0 Å². The molecule has 4 heteroatoms. The Morgan fingerprint density at radius 3 is 3.08 bits per heavy atom. The fraction of sp³-hybridized carbons (Fsp3) is 0.111. The highest BCUT2D eigenvalue weighted by atomic mass is 16.5. The number of pyridine rings is 1. The Bertz CT molecular complexity index is 490. The van der Waals surface area contributed by atoms with Crippen LogP contribution in [0.2, 0.25) is 0 Å². The van der Waals surface area contributed by atoms with Crippen LogP contribution in [0.5, 0.6) is 5.75 Å². The van der Waals surface area contributed by atoms with E-state index in [0.717, 1.165) is 0 Å². The van der Waals surface area contributed by atoms with Crippen molar-refractivity contribution in [3.05, 3.63) is 40.9 Å². The number of methoxy groups -OCH3 is 1. The molecule has 2 aromatic rings. The fourth-order valence-electron chi connectivity index (χ4n) is 1.14. The van der Waals surface area contributed by atoms with Gasteiger partial charge in [-0.25, -0.2) is 4.98 Å². The number of hydrogen-bond acceptors (Lipinski definition) is 3. The van der Waals surface area contributed by atoms with Gasteiger partial charge in [0.05, 0.1) is 7.11 Å². The zero-order valence-corrected chi connectivity index (χ0v) is 7.10. The van der Waals surface area contributed by atoms with E-state index in [-0.39, 0.29) is 5.56 Å². The van der Waals surface area contributed by atoms with Gasteiger partial charge in [-0.15, -0.1) is 0 Å². The maximum absolute atomic E-state index is 11.3. The number of ether oxygens (including phenoxy) is 1. The van der Waals surface area contributed by atoms with Gasteiger partial charge >= 0.3 is 0 Å². The van der Waals surface area contributed by atoms with Gasteiger partial charge in [0.2, 0.25) is 0 Å². The Kier molecular flexibility index (Phi) is 1.73. The molecule has 2 aromatic heterocycles. The predicted molar refractivity (Wildman–Crippen MR) is 48.0 cm³/mol. The lowest BCUT2D eigenvalue weighted by molar-refractivity contribution is 0.414. The zero-order valence-electron chi connectivity index (χ0n) is 7.10. The molecule has 0 aliphatic heterocycles. The van der Waals surface area contributed by atoms with Crippen molar-refractivity contribution in [3.63, 3.8) is 0 Å². The summed E-state index contributed by atoms with van der Waals surface area (Å²) < 4.78 is 6.47. The van der Waals surface area contributed by atoms with Gasteiger partial charge < -0.3 is 4.74 Å². The lowest BCUT2D eigenvalue weighted by atomic mass is 10.4. The van der Waals surface area contributed by atoms with Crippen LogP contribution in [-0.4, -0.2) is 16.5 Å². The van der Waals surface area contributed by atoms with E-state index in [1.165, 1.54) is 16.7 Å². The highest BCUT2D eigenvalue weighted by Crippen LogP contribution is 2.09. The molecule has 0 atom stereocenters. The van der Waals surface area contributed by atoms with Crippen LogP contribution in [0.4, 0.5) is 0 Å². The average Bonchev–Trinajstić information content (AvgIpc) is 2.18. The fourth-order valence-corrected chi connectivity index (χ4v) is 1.14. The minimum Gasteiger partial charge on any atom is -0.497 e. The first-order valence-electron chi connectivity index (χ1n) is 3.83. The van der Waals surface area contributed by atoms with Crippen molar-refractivity contribution in [1.82, 2.24) is 9.38 Å². The van der Waals surface area contributed by atoms with E-state index in [1.54, 1.807) is 25.4 Å². The van der Waals surface area contributed by atoms with Crippen LogP contribution in [0.1, 0.15) is 0 Å². The molecule has 13 heavy (non-hydrogen) atoms. The molecule has 0 saturated carbocycles. The van der Waals surface area contributed by atoms with Gasteiger partial charge in [0.1, 0.15) is 11.4 Å².